The van der Waals surface area contributed by atoms with Gasteiger partial charge in [-0.2, -0.15) is 0 Å². The topological polar surface area (TPSA) is 82.2 Å². The van der Waals surface area contributed by atoms with Crippen molar-refractivity contribution >= 4 is 11.7 Å². The van der Waals surface area contributed by atoms with Crippen LogP contribution in [-0.2, 0) is 15.0 Å². The number of hydrogen-bond acceptors (Lipinski definition) is 7. The molecule has 1 saturated heterocycles. The molecular weight excluding hydrogens is 430 g/mol. The molecule has 1 atom stereocenters. The zero-order valence-corrected chi connectivity index (χ0v) is 17.7. The number of rotatable bonds is 3. The van der Waals surface area contributed by atoms with E-state index in [0.717, 1.165) is 30.9 Å². The van der Waals surface area contributed by atoms with Gasteiger partial charge in [-0.05, 0) is 42.0 Å². The van der Waals surface area contributed by atoms with Gasteiger partial charge in [-0.15, -0.1) is 0 Å². The van der Waals surface area contributed by atoms with Gasteiger partial charge in [0.05, 0.1) is 23.6 Å². The molecule has 33 heavy (non-hydrogen) atoms. The van der Waals surface area contributed by atoms with Crippen LogP contribution in [0.2, 0.25) is 0 Å². The Bertz CT molecular complexity index is 1310. The molecule has 3 aliphatic heterocycles. The molecule has 1 spiro atoms. The van der Waals surface area contributed by atoms with Crippen molar-refractivity contribution in [3.63, 3.8) is 0 Å². The van der Waals surface area contributed by atoms with E-state index in [-0.39, 0.29) is 24.3 Å². The predicted molar refractivity (Wildman–Crippen MR) is 117 cm³/mol. The van der Waals surface area contributed by atoms with E-state index < -0.39 is 17.2 Å². The highest BCUT2D eigenvalue weighted by atomic mass is 19.1. The summed E-state index contributed by atoms with van der Waals surface area (Å²) in [5.41, 5.74) is 7.83. The van der Waals surface area contributed by atoms with E-state index in [2.05, 4.69) is 14.9 Å². The molecule has 0 aliphatic carbocycles. The Balaban J connectivity index is 1.49. The van der Waals surface area contributed by atoms with Gasteiger partial charge in [-0.1, -0.05) is 6.07 Å². The molecule has 4 heterocycles. The van der Waals surface area contributed by atoms with Crippen LogP contribution in [0.1, 0.15) is 11.1 Å². The Morgan fingerprint density at radius 2 is 1.97 bits per heavy atom. The molecule has 3 aromatic rings. The first-order valence-corrected chi connectivity index (χ1v) is 10.5. The van der Waals surface area contributed by atoms with Crippen molar-refractivity contribution in [3.8, 4) is 22.8 Å². The largest absolute Gasteiger partial charge is 0.462 e. The number of nitrogens with zero attached hydrogens (tertiary/aromatic N) is 3. The Labute approximate surface area is 188 Å². The molecule has 7 nitrogen and oxygen atoms in total. The molecule has 6 rings (SSSR count). The van der Waals surface area contributed by atoms with Crippen LogP contribution in [0.3, 0.4) is 0 Å². The van der Waals surface area contributed by atoms with Gasteiger partial charge >= 0.3 is 0 Å². The highest BCUT2D eigenvalue weighted by Crippen LogP contribution is 2.51. The number of anilines is 1. The van der Waals surface area contributed by atoms with E-state index in [1.165, 1.54) is 6.07 Å². The first-order valence-electron chi connectivity index (χ1n) is 10.5. The van der Waals surface area contributed by atoms with Crippen LogP contribution in [0.15, 0.2) is 53.7 Å². The van der Waals surface area contributed by atoms with Gasteiger partial charge in [-0.3, -0.25) is 0 Å². The van der Waals surface area contributed by atoms with E-state index in [1.54, 1.807) is 31.5 Å². The summed E-state index contributed by atoms with van der Waals surface area (Å²) in [5, 5.41) is 0. The number of ether oxygens (including phenoxy) is 3. The first kappa shape index (κ1) is 19.9. The van der Waals surface area contributed by atoms with Crippen molar-refractivity contribution in [3.05, 3.63) is 71.4 Å². The molecule has 9 heteroatoms. The molecule has 0 bridgehead atoms. The monoisotopic (exact) mass is 450 g/mol. The fourth-order valence-electron chi connectivity index (χ4n) is 4.57. The fraction of sp³-hybridized carbons (Fsp3) is 0.250. The third-order valence-electron chi connectivity index (χ3n) is 6.43. The summed E-state index contributed by atoms with van der Waals surface area (Å²) >= 11 is 0. The fourth-order valence-corrected chi connectivity index (χ4v) is 4.57. The number of aromatic nitrogens is 1. The summed E-state index contributed by atoms with van der Waals surface area (Å²) in [4.78, 5) is 11.3. The Kier molecular flexibility index (Phi) is 4.31. The Morgan fingerprint density at radius 3 is 2.73 bits per heavy atom. The number of amidine groups is 1. The first-order chi connectivity index (χ1) is 16.0. The van der Waals surface area contributed by atoms with Crippen LogP contribution < -0.4 is 15.4 Å². The maximum absolute atomic E-state index is 14.5. The van der Waals surface area contributed by atoms with Crippen molar-refractivity contribution in [2.45, 2.75) is 11.6 Å². The third kappa shape index (κ3) is 3.03. The normalized spacial score (nSPS) is 21.1. The smallest absolute Gasteiger partial charge is 0.283 e. The van der Waals surface area contributed by atoms with Crippen LogP contribution >= 0.6 is 0 Å². The van der Waals surface area contributed by atoms with Crippen molar-refractivity contribution in [1.82, 2.24) is 4.98 Å². The number of methoxy groups -OCH3 is 1. The van der Waals surface area contributed by atoms with Crippen molar-refractivity contribution in [2.24, 2.45) is 10.7 Å². The lowest BCUT2D eigenvalue weighted by Crippen LogP contribution is -2.52. The van der Waals surface area contributed by atoms with Crippen LogP contribution in [0.25, 0.3) is 11.1 Å². The van der Waals surface area contributed by atoms with Crippen LogP contribution in [0, 0.1) is 11.6 Å². The molecule has 2 N–H and O–H groups in total. The Morgan fingerprint density at radius 1 is 1.12 bits per heavy atom. The highest BCUT2D eigenvalue weighted by Gasteiger charge is 2.48. The minimum atomic E-state index is -1.01. The molecule has 0 unspecified atom stereocenters. The van der Waals surface area contributed by atoms with E-state index in [9.17, 15) is 8.78 Å². The SMILES string of the molecule is COC1CN(c2cnc3c(c2)[C@]2(COC(N)=N2)c2cc(-c4cc(F)ccc4F)ccc2O3)C1. The van der Waals surface area contributed by atoms with Gasteiger partial charge in [0.25, 0.3) is 6.02 Å². The van der Waals surface area contributed by atoms with Crippen LogP contribution in [-0.4, -0.2) is 43.9 Å². The van der Waals surface area contributed by atoms with E-state index in [0.29, 0.717) is 28.3 Å². The summed E-state index contributed by atoms with van der Waals surface area (Å²) in [6.45, 7) is 1.65. The van der Waals surface area contributed by atoms with Gasteiger partial charge < -0.3 is 24.8 Å². The second kappa shape index (κ2) is 7.14. The number of halogens is 2. The number of fused-ring (bicyclic) bond motifs is 4. The van der Waals surface area contributed by atoms with Gasteiger partial charge in [0.15, 0.2) is 5.54 Å². The standard InChI is InChI=1S/C24H20F2N4O3/c1-31-16-10-30(11-16)15-8-19-22(28-9-15)33-21-5-2-13(17-7-14(25)3-4-20(17)26)6-18(21)24(19)12-32-23(27)29-24/h2-9,16H,10-12H2,1H3,(H2,27,29)/t24-/m0/s1. The maximum atomic E-state index is 14.5. The number of nitrogens with two attached hydrogens (primary N) is 1. The van der Waals surface area contributed by atoms with E-state index >= 15 is 0 Å². The molecule has 168 valence electrons. The molecule has 0 amide bonds. The van der Waals surface area contributed by atoms with Gasteiger partial charge in [0, 0.05) is 31.3 Å². The zero-order valence-electron chi connectivity index (χ0n) is 17.7. The van der Waals surface area contributed by atoms with Gasteiger partial charge in [0.1, 0.15) is 24.0 Å². The highest BCUT2D eigenvalue weighted by molar-refractivity contribution is 5.78. The van der Waals surface area contributed by atoms with Crippen LogP contribution in [0.4, 0.5) is 14.5 Å². The number of pyridine rings is 1. The second-order valence-corrected chi connectivity index (χ2v) is 8.35. The minimum Gasteiger partial charge on any atom is -0.462 e. The quantitative estimate of drug-likeness (QED) is 0.657. The van der Waals surface area contributed by atoms with E-state index in [4.69, 9.17) is 19.9 Å². The van der Waals surface area contributed by atoms with Crippen molar-refractivity contribution < 1.29 is 23.0 Å². The molecule has 0 radical (unpaired) electrons. The number of aliphatic imine (C=N–C) groups is 1. The molecular formula is C24H20F2N4O3. The molecule has 0 saturated carbocycles. The van der Waals surface area contributed by atoms with Gasteiger partial charge in [-0.25, -0.2) is 18.8 Å². The summed E-state index contributed by atoms with van der Waals surface area (Å²) in [6, 6.07) is 10.5. The number of benzene rings is 2. The number of hydrogen-bond donors (Lipinski definition) is 1. The molecule has 1 fully saturated rings. The zero-order chi connectivity index (χ0) is 22.7. The average Bonchev–Trinajstić information content (AvgIpc) is 3.17. The molecule has 1 aromatic heterocycles. The predicted octanol–water partition coefficient (Wildman–Crippen LogP) is 3.56. The summed E-state index contributed by atoms with van der Waals surface area (Å²) in [7, 11) is 1.69. The summed E-state index contributed by atoms with van der Waals surface area (Å²) in [6.07, 6.45) is 1.93. The summed E-state index contributed by atoms with van der Waals surface area (Å²) in [5.74, 6) is -0.136. The third-order valence-corrected chi connectivity index (χ3v) is 6.43. The lowest BCUT2D eigenvalue weighted by Gasteiger charge is -2.41. The van der Waals surface area contributed by atoms with Crippen LogP contribution in [0.5, 0.6) is 11.6 Å². The Hall–Kier alpha value is -3.72. The average molecular weight is 450 g/mol. The lowest BCUT2D eigenvalue weighted by atomic mass is 9.81. The molecule has 2 aromatic carbocycles. The minimum absolute atomic E-state index is 0.0462. The van der Waals surface area contributed by atoms with E-state index in [1.807, 2.05) is 6.07 Å². The molecule has 3 aliphatic rings. The van der Waals surface area contributed by atoms with Gasteiger partial charge in [0.2, 0.25) is 5.88 Å². The maximum Gasteiger partial charge on any atom is 0.283 e. The van der Waals surface area contributed by atoms with Crippen molar-refractivity contribution in [1.29, 1.82) is 0 Å². The summed E-state index contributed by atoms with van der Waals surface area (Å²) < 4.78 is 45.4. The second-order valence-electron chi connectivity index (χ2n) is 8.35. The lowest BCUT2D eigenvalue weighted by molar-refractivity contribution is 0.0787. The van der Waals surface area contributed by atoms with Crippen molar-refractivity contribution in [2.75, 3.05) is 31.7 Å².